The number of hydrogen-bond donors (Lipinski definition) is 2. The summed E-state index contributed by atoms with van der Waals surface area (Å²) in [7, 11) is 1.42. The summed E-state index contributed by atoms with van der Waals surface area (Å²) in [5.41, 5.74) is 1.35. The Labute approximate surface area is 133 Å². The number of phenolic OH excluding ortho intramolecular Hbond substituents is 1. The van der Waals surface area contributed by atoms with Crippen LogP contribution in [0.25, 0.3) is 0 Å². The van der Waals surface area contributed by atoms with Crippen LogP contribution in [-0.2, 0) is 9.53 Å². The maximum absolute atomic E-state index is 12.1. The summed E-state index contributed by atoms with van der Waals surface area (Å²) in [6, 6.07) is 1.39. The molecule has 6 heteroatoms. The number of carbonyl (C=O) groups excluding carboxylic acids is 2. The van der Waals surface area contributed by atoms with Crippen molar-refractivity contribution in [3.8, 4) is 11.5 Å². The van der Waals surface area contributed by atoms with Crippen LogP contribution in [0, 0.1) is 0 Å². The van der Waals surface area contributed by atoms with E-state index in [4.69, 9.17) is 9.47 Å². The number of benzene rings is 1. The number of esters is 1. The first-order valence-electron chi connectivity index (χ1n) is 7.46. The highest BCUT2D eigenvalue weighted by atomic mass is 16.5. The first kappa shape index (κ1) is 15.6. The van der Waals surface area contributed by atoms with Crippen molar-refractivity contribution in [2.75, 3.05) is 7.11 Å². The number of methoxy groups -OCH3 is 1. The van der Waals surface area contributed by atoms with Gasteiger partial charge in [0.15, 0.2) is 5.78 Å². The summed E-state index contributed by atoms with van der Waals surface area (Å²) in [6.45, 7) is 1.67. The van der Waals surface area contributed by atoms with Crippen LogP contribution in [0.3, 0.4) is 0 Å². The van der Waals surface area contributed by atoms with Crippen LogP contribution < -0.4 is 4.74 Å². The lowest BCUT2D eigenvalue weighted by molar-refractivity contribution is -0.145. The summed E-state index contributed by atoms with van der Waals surface area (Å²) in [5, 5.41) is 20.5. The minimum atomic E-state index is -0.903. The van der Waals surface area contributed by atoms with Crippen LogP contribution in [0.15, 0.2) is 17.7 Å². The van der Waals surface area contributed by atoms with Gasteiger partial charge in [-0.25, -0.2) is 4.79 Å². The van der Waals surface area contributed by atoms with Crippen molar-refractivity contribution >= 4 is 11.8 Å². The molecule has 1 aromatic carbocycles. The highest BCUT2D eigenvalue weighted by molar-refractivity contribution is 6.02. The Kier molecular flexibility index (Phi) is 3.85. The summed E-state index contributed by atoms with van der Waals surface area (Å²) < 4.78 is 10.8. The van der Waals surface area contributed by atoms with E-state index in [0.29, 0.717) is 23.3 Å². The van der Waals surface area contributed by atoms with Gasteiger partial charge in [-0.05, 0) is 19.4 Å². The van der Waals surface area contributed by atoms with Crippen molar-refractivity contribution in [1.82, 2.24) is 0 Å². The molecule has 2 atom stereocenters. The Balaban J connectivity index is 2.16. The molecule has 0 radical (unpaired) electrons. The van der Waals surface area contributed by atoms with Crippen LogP contribution in [0.5, 0.6) is 11.5 Å². The second kappa shape index (κ2) is 5.70. The van der Waals surface area contributed by atoms with Gasteiger partial charge in [-0.1, -0.05) is 6.08 Å². The topological polar surface area (TPSA) is 93.1 Å². The summed E-state index contributed by atoms with van der Waals surface area (Å²) in [4.78, 5) is 23.9. The van der Waals surface area contributed by atoms with Crippen molar-refractivity contribution in [3.05, 3.63) is 34.4 Å². The van der Waals surface area contributed by atoms with Crippen LogP contribution >= 0.6 is 0 Å². The minimum Gasteiger partial charge on any atom is -0.507 e. The highest BCUT2D eigenvalue weighted by Crippen LogP contribution is 2.46. The average molecular weight is 318 g/mol. The zero-order valence-electron chi connectivity index (χ0n) is 13.0. The molecule has 1 heterocycles. The van der Waals surface area contributed by atoms with Crippen molar-refractivity contribution in [2.24, 2.45) is 0 Å². The summed E-state index contributed by atoms with van der Waals surface area (Å²) >= 11 is 0. The lowest BCUT2D eigenvalue weighted by Gasteiger charge is -2.29. The van der Waals surface area contributed by atoms with E-state index in [1.54, 1.807) is 13.0 Å². The Morgan fingerprint density at radius 1 is 1.35 bits per heavy atom. The van der Waals surface area contributed by atoms with E-state index in [1.165, 1.54) is 13.2 Å². The van der Waals surface area contributed by atoms with Gasteiger partial charge < -0.3 is 19.7 Å². The summed E-state index contributed by atoms with van der Waals surface area (Å²) in [5.74, 6) is -0.591. The molecule has 0 amide bonds. The molecular weight excluding hydrogens is 300 g/mol. The SMILES string of the molecule is COc1c([C@@H]2CC=C(C)C(=O)O2)cc(O)c2c1[C@H](O)CCC2=O. The number of ether oxygens (including phenoxy) is 2. The van der Waals surface area contributed by atoms with Gasteiger partial charge in [-0.2, -0.15) is 0 Å². The maximum atomic E-state index is 12.1. The van der Waals surface area contributed by atoms with Gasteiger partial charge in [0.1, 0.15) is 17.6 Å². The van der Waals surface area contributed by atoms with Gasteiger partial charge in [0, 0.05) is 29.5 Å². The lowest BCUT2D eigenvalue weighted by Crippen LogP contribution is -2.21. The molecule has 0 fully saturated rings. The number of carbonyl (C=O) groups is 2. The predicted octanol–water partition coefficient (Wildman–Crippen LogP) is 2.35. The van der Waals surface area contributed by atoms with Gasteiger partial charge in [-0.3, -0.25) is 4.79 Å². The molecule has 1 aliphatic carbocycles. The fourth-order valence-electron chi connectivity index (χ4n) is 3.13. The molecule has 0 bridgehead atoms. The summed E-state index contributed by atoms with van der Waals surface area (Å²) in [6.07, 6.45) is 1.12. The first-order valence-corrected chi connectivity index (χ1v) is 7.46. The van der Waals surface area contributed by atoms with Gasteiger partial charge in [-0.15, -0.1) is 0 Å². The van der Waals surface area contributed by atoms with Gasteiger partial charge in [0.25, 0.3) is 0 Å². The van der Waals surface area contributed by atoms with Crippen molar-refractivity contribution in [2.45, 2.75) is 38.4 Å². The number of rotatable bonds is 2. The number of aliphatic hydroxyl groups is 1. The predicted molar refractivity (Wildman–Crippen MR) is 80.4 cm³/mol. The largest absolute Gasteiger partial charge is 0.507 e. The molecule has 2 N–H and O–H groups in total. The Morgan fingerprint density at radius 2 is 2.09 bits per heavy atom. The second-order valence-electron chi connectivity index (χ2n) is 5.80. The Hall–Kier alpha value is -2.34. The number of Topliss-reactive ketones (excluding diaryl/α,β-unsaturated/α-hetero) is 1. The number of fused-ring (bicyclic) bond motifs is 1. The third kappa shape index (κ3) is 2.49. The maximum Gasteiger partial charge on any atom is 0.334 e. The monoisotopic (exact) mass is 318 g/mol. The second-order valence-corrected chi connectivity index (χ2v) is 5.80. The van der Waals surface area contributed by atoms with E-state index in [9.17, 15) is 19.8 Å². The molecule has 0 saturated carbocycles. The Bertz CT molecular complexity index is 718. The van der Waals surface area contributed by atoms with Crippen LogP contribution in [0.1, 0.15) is 59.9 Å². The van der Waals surface area contributed by atoms with Gasteiger partial charge in [0.2, 0.25) is 0 Å². The first-order chi connectivity index (χ1) is 10.9. The minimum absolute atomic E-state index is 0.0956. The molecule has 0 spiro atoms. The van der Waals surface area contributed by atoms with Crippen molar-refractivity contribution in [1.29, 1.82) is 0 Å². The molecule has 1 aromatic rings. The van der Waals surface area contributed by atoms with Crippen LogP contribution in [0.2, 0.25) is 0 Å². The fraction of sp³-hybridized carbons (Fsp3) is 0.412. The third-order valence-electron chi connectivity index (χ3n) is 4.34. The molecule has 2 aliphatic rings. The van der Waals surface area contributed by atoms with Crippen LogP contribution in [0.4, 0.5) is 0 Å². The van der Waals surface area contributed by atoms with Gasteiger partial charge >= 0.3 is 5.97 Å². The van der Waals surface area contributed by atoms with E-state index in [-0.39, 0.29) is 35.5 Å². The number of hydrogen-bond acceptors (Lipinski definition) is 6. The standard InChI is InChI=1S/C17H18O6/c1-8-3-6-13(23-17(8)21)9-7-12(20)14-10(18)4-5-11(19)15(14)16(9)22-2/h3,7,11,13,19-20H,4-6H2,1-2H3/t11-,13+/m1/s1. The molecular formula is C17H18O6. The van der Waals surface area contributed by atoms with E-state index in [2.05, 4.69) is 0 Å². The van der Waals surface area contributed by atoms with Crippen molar-refractivity contribution < 1.29 is 29.3 Å². The third-order valence-corrected chi connectivity index (χ3v) is 4.34. The highest BCUT2D eigenvalue weighted by Gasteiger charge is 2.35. The Morgan fingerprint density at radius 3 is 2.74 bits per heavy atom. The molecule has 1 aliphatic heterocycles. The number of cyclic esters (lactones) is 1. The lowest BCUT2D eigenvalue weighted by atomic mass is 9.84. The molecule has 0 unspecified atom stereocenters. The van der Waals surface area contributed by atoms with Crippen LogP contribution in [-0.4, -0.2) is 29.1 Å². The zero-order valence-corrected chi connectivity index (χ0v) is 13.0. The van der Waals surface area contributed by atoms with E-state index in [0.717, 1.165) is 0 Å². The number of aliphatic hydroxyl groups excluding tert-OH is 1. The molecule has 0 saturated heterocycles. The smallest absolute Gasteiger partial charge is 0.334 e. The van der Waals surface area contributed by atoms with Crippen molar-refractivity contribution in [3.63, 3.8) is 0 Å². The molecule has 6 nitrogen and oxygen atoms in total. The molecule has 3 rings (SSSR count). The fourth-order valence-corrected chi connectivity index (χ4v) is 3.13. The molecule has 122 valence electrons. The average Bonchev–Trinajstić information content (AvgIpc) is 2.53. The number of aromatic hydroxyl groups is 1. The molecule has 23 heavy (non-hydrogen) atoms. The van der Waals surface area contributed by atoms with E-state index >= 15 is 0 Å². The number of phenols is 1. The van der Waals surface area contributed by atoms with Gasteiger partial charge in [0.05, 0.1) is 18.8 Å². The number of ketones is 1. The quantitative estimate of drug-likeness (QED) is 0.813. The zero-order chi connectivity index (χ0) is 16.7. The normalized spacial score (nSPS) is 23.9. The van der Waals surface area contributed by atoms with E-state index in [1.807, 2.05) is 0 Å². The van der Waals surface area contributed by atoms with E-state index < -0.39 is 18.2 Å². The molecule has 0 aromatic heterocycles.